The van der Waals surface area contributed by atoms with E-state index in [1.165, 1.54) is 0 Å². The van der Waals surface area contributed by atoms with Gasteiger partial charge in [0.2, 0.25) is 0 Å². The summed E-state index contributed by atoms with van der Waals surface area (Å²) in [4.78, 5) is 0. The maximum Gasteiger partial charge on any atom is 0.135 e. The summed E-state index contributed by atoms with van der Waals surface area (Å²) in [6.45, 7) is 0. The SMILES string of the molecule is OC1=CC2OC(c3ccc(O)cc3)C3c4cc(O)cc5c4C(c4cc(O)cc6c4C(C(=C1)C23)C(c1ccc(O)cc1)O6)C(c1ccc(O)cc1)O5. The Labute approximate surface area is 292 Å². The smallest absolute Gasteiger partial charge is 0.135 e. The fraction of sp³-hybridized carbons (Fsp3) is 0.190. The van der Waals surface area contributed by atoms with Crippen LogP contribution in [-0.4, -0.2) is 36.7 Å². The Kier molecular flexibility index (Phi) is 6.27. The highest BCUT2D eigenvalue weighted by molar-refractivity contribution is 5.66. The molecule has 2 aliphatic carbocycles. The number of phenols is 5. The van der Waals surface area contributed by atoms with Gasteiger partial charge in [-0.3, -0.25) is 0 Å². The van der Waals surface area contributed by atoms with Gasteiger partial charge in [-0.15, -0.1) is 0 Å². The third-order valence-electron chi connectivity index (χ3n) is 11.2. The third kappa shape index (κ3) is 4.44. The van der Waals surface area contributed by atoms with E-state index < -0.39 is 42.2 Å². The van der Waals surface area contributed by atoms with E-state index >= 15 is 0 Å². The van der Waals surface area contributed by atoms with Crippen molar-refractivity contribution in [3.05, 3.63) is 159 Å². The van der Waals surface area contributed by atoms with Crippen LogP contribution in [0.4, 0.5) is 0 Å². The van der Waals surface area contributed by atoms with Gasteiger partial charge in [0.15, 0.2) is 0 Å². The second kappa shape index (κ2) is 10.7. The summed E-state index contributed by atoms with van der Waals surface area (Å²) in [6, 6.07) is 27.4. The van der Waals surface area contributed by atoms with Crippen LogP contribution < -0.4 is 9.47 Å². The fourth-order valence-corrected chi connectivity index (χ4v) is 9.24. The van der Waals surface area contributed by atoms with Crippen molar-refractivity contribution in [2.45, 2.75) is 42.2 Å². The van der Waals surface area contributed by atoms with E-state index in [1.54, 1.807) is 72.8 Å². The van der Waals surface area contributed by atoms with Crippen LogP contribution in [0.15, 0.2) is 121 Å². The van der Waals surface area contributed by atoms with Crippen molar-refractivity contribution in [1.82, 2.24) is 0 Å². The van der Waals surface area contributed by atoms with Gasteiger partial charge in [0.25, 0.3) is 0 Å². The molecule has 8 atom stereocenters. The lowest BCUT2D eigenvalue weighted by Crippen LogP contribution is -2.28. The monoisotopic (exact) mass is 680 g/mol. The quantitative estimate of drug-likeness (QED) is 0.112. The molecule has 3 aliphatic heterocycles. The molecule has 6 N–H and O–H groups in total. The van der Waals surface area contributed by atoms with Crippen LogP contribution in [0.3, 0.4) is 0 Å². The second-order valence-electron chi connectivity index (χ2n) is 14.0. The number of aromatic hydroxyl groups is 5. The van der Waals surface area contributed by atoms with Gasteiger partial charge in [-0.1, -0.05) is 36.4 Å². The Bertz CT molecular complexity index is 2290. The maximum atomic E-state index is 11.3. The van der Waals surface area contributed by atoms with Crippen LogP contribution in [0.2, 0.25) is 0 Å². The number of benzene rings is 5. The number of hydrogen-bond acceptors (Lipinski definition) is 9. The number of aliphatic hydroxyl groups excluding tert-OH is 1. The van der Waals surface area contributed by atoms with E-state index in [9.17, 15) is 30.6 Å². The largest absolute Gasteiger partial charge is 0.508 e. The maximum absolute atomic E-state index is 11.3. The zero-order chi connectivity index (χ0) is 34.7. The minimum atomic E-state index is -0.619. The number of fused-ring (bicyclic) bond motifs is 3. The summed E-state index contributed by atoms with van der Waals surface area (Å²) >= 11 is 0. The standard InChI is InChI=1S/C42H32O9/c43-22-7-1-19(2-8-22)40-37-28-13-25(46)17-32-35(28)39(42(50-32)21-5-11-24(45)12-6-21)30-15-27(48)18-33-36(30)38(29-14-26(47)16-31(49-40)34(29)37)41(51-33)20-3-9-23(44)10-4-20/h1-18,31,34,37-48H. The van der Waals surface area contributed by atoms with Gasteiger partial charge in [-0.05, 0) is 94.1 Å². The van der Waals surface area contributed by atoms with Crippen LogP contribution in [0.5, 0.6) is 40.2 Å². The van der Waals surface area contributed by atoms with Crippen molar-refractivity contribution in [3.63, 3.8) is 0 Å². The molecule has 10 rings (SSSR count). The minimum absolute atomic E-state index is 0.00933. The summed E-state index contributed by atoms with van der Waals surface area (Å²) in [6.07, 6.45) is 1.17. The minimum Gasteiger partial charge on any atom is -0.508 e. The number of phenolic OH excluding ortho intramolecular Hbond substituents is 5. The second-order valence-corrected chi connectivity index (χ2v) is 14.0. The van der Waals surface area contributed by atoms with Gasteiger partial charge in [0.05, 0.1) is 24.0 Å². The molecule has 0 radical (unpaired) electrons. The molecule has 5 aliphatic rings. The molecule has 1 fully saturated rings. The molecular weight excluding hydrogens is 648 g/mol. The lowest BCUT2D eigenvalue weighted by molar-refractivity contribution is 0.0582. The van der Waals surface area contributed by atoms with E-state index in [2.05, 4.69) is 0 Å². The van der Waals surface area contributed by atoms with Crippen molar-refractivity contribution in [2.24, 2.45) is 5.92 Å². The van der Waals surface area contributed by atoms with Gasteiger partial charge in [0.1, 0.15) is 58.2 Å². The predicted molar refractivity (Wildman–Crippen MR) is 184 cm³/mol. The van der Waals surface area contributed by atoms with E-state index in [1.807, 2.05) is 36.4 Å². The summed E-state index contributed by atoms with van der Waals surface area (Å²) in [5, 5.41) is 64.6. The predicted octanol–water partition coefficient (Wildman–Crippen LogP) is 7.93. The molecule has 3 heterocycles. The molecule has 254 valence electrons. The number of hydrogen-bond donors (Lipinski definition) is 6. The summed E-state index contributed by atoms with van der Waals surface area (Å²) < 4.78 is 20.5. The van der Waals surface area contributed by atoms with Crippen molar-refractivity contribution < 1.29 is 44.8 Å². The van der Waals surface area contributed by atoms with Crippen molar-refractivity contribution in [3.8, 4) is 40.2 Å². The number of aliphatic hydroxyl groups is 1. The number of rotatable bonds is 3. The van der Waals surface area contributed by atoms with Crippen molar-refractivity contribution in [2.75, 3.05) is 0 Å². The topological polar surface area (TPSA) is 149 Å². The molecule has 1 saturated heterocycles. The molecule has 9 nitrogen and oxygen atoms in total. The van der Waals surface area contributed by atoms with Gasteiger partial charge < -0.3 is 44.8 Å². The molecule has 8 unspecified atom stereocenters. The molecule has 5 aromatic carbocycles. The Morgan fingerprint density at radius 2 is 0.922 bits per heavy atom. The Morgan fingerprint density at radius 3 is 1.47 bits per heavy atom. The Balaban J connectivity index is 1.30. The normalized spacial score (nSPS) is 27.8. The number of ether oxygens (including phenoxy) is 3. The van der Waals surface area contributed by atoms with Gasteiger partial charge in [-0.2, -0.15) is 0 Å². The zero-order valence-corrected chi connectivity index (χ0v) is 26.9. The van der Waals surface area contributed by atoms with E-state index in [0.29, 0.717) is 11.5 Å². The van der Waals surface area contributed by atoms with Crippen LogP contribution >= 0.6 is 0 Å². The molecule has 0 saturated carbocycles. The first-order valence-corrected chi connectivity index (χ1v) is 16.9. The van der Waals surface area contributed by atoms with Crippen molar-refractivity contribution >= 4 is 0 Å². The van der Waals surface area contributed by atoms with E-state index in [0.717, 1.165) is 44.5 Å². The zero-order valence-electron chi connectivity index (χ0n) is 26.9. The summed E-state index contributed by atoms with van der Waals surface area (Å²) in [7, 11) is 0. The lowest BCUT2D eigenvalue weighted by atomic mass is 9.68. The molecule has 5 aromatic rings. The van der Waals surface area contributed by atoms with Crippen molar-refractivity contribution in [1.29, 1.82) is 0 Å². The molecule has 0 spiro atoms. The first-order chi connectivity index (χ1) is 24.7. The molecule has 0 aromatic heterocycles. The third-order valence-corrected chi connectivity index (χ3v) is 11.2. The van der Waals surface area contributed by atoms with Crippen LogP contribution in [0, 0.1) is 5.92 Å². The average molecular weight is 681 g/mol. The van der Waals surface area contributed by atoms with Gasteiger partial charge >= 0.3 is 0 Å². The highest BCUT2D eigenvalue weighted by Gasteiger charge is 2.57. The molecular formula is C42H32O9. The Morgan fingerprint density at radius 1 is 0.451 bits per heavy atom. The summed E-state index contributed by atoms with van der Waals surface area (Å²) in [5.74, 6) is -0.327. The molecule has 0 amide bonds. The highest BCUT2D eigenvalue weighted by Crippen LogP contribution is 2.67. The van der Waals surface area contributed by atoms with Crippen LogP contribution in [0.25, 0.3) is 0 Å². The van der Waals surface area contributed by atoms with Crippen LogP contribution in [0.1, 0.15) is 75.0 Å². The molecule has 51 heavy (non-hydrogen) atoms. The van der Waals surface area contributed by atoms with Gasteiger partial charge in [0, 0.05) is 35.1 Å². The van der Waals surface area contributed by atoms with E-state index in [-0.39, 0.29) is 40.4 Å². The number of allylic oxidation sites excluding steroid dienone is 1. The van der Waals surface area contributed by atoms with Gasteiger partial charge in [-0.25, -0.2) is 0 Å². The highest BCUT2D eigenvalue weighted by atomic mass is 16.5. The molecule has 9 heteroatoms. The first-order valence-electron chi connectivity index (χ1n) is 16.9. The Hall–Kier alpha value is -6.06. The summed E-state index contributed by atoms with van der Waals surface area (Å²) in [5.41, 5.74) is 6.52. The average Bonchev–Trinajstić information content (AvgIpc) is 3.80. The van der Waals surface area contributed by atoms with E-state index in [4.69, 9.17) is 14.2 Å². The first kappa shape index (κ1) is 29.8. The molecule has 0 bridgehead atoms. The lowest BCUT2D eigenvalue weighted by Gasteiger charge is -2.34. The van der Waals surface area contributed by atoms with Crippen LogP contribution in [-0.2, 0) is 4.74 Å². The fourth-order valence-electron chi connectivity index (χ4n) is 9.24.